The van der Waals surface area contributed by atoms with Gasteiger partial charge in [0.15, 0.2) is 0 Å². The van der Waals surface area contributed by atoms with E-state index >= 15 is 0 Å². The lowest BCUT2D eigenvalue weighted by atomic mass is 10.1. The van der Waals surface area contributed by atoms with Crippen LogP contribution in [-0.4, -0.2) is 32.8 Å². The van der Waals surface area contributed by atoms with Gasteiger partial charge in [-0.05, 0) is 38.0 Å². The molecule has 1 aromatic rings. The van der Waals surface area contributed by atoms with Crippen LogP contribution in [-0.2, 0) is 9.53 Å². The number of hydrogen-bond donors (Lipinski definition) is 2. The highest BCUT2D eigenvalue weighted by Gasteiger charge is 2.13. The first-order valence-corrected chi connectivity index (χ1v) is 7.98. The predicted octanol–water partition coefficient (Wildman–Crippen LogP) is 2.30. The summed E-state index contributed by atoms with van der Waals surface area (Å²) in [6.07, 6.45) is 2.26. The third kappa shape index (κ3) is 6.71. The van der Waals surface area contributed by atoms with Gasteiger partial charge in [0.1, 0.15) is 17.4 Å². The third-order valence-corrected chi connectivity index (χ3v) is 3.39. The number of hydrogen-bond acceptors (Lipinski definition) is 5. The maximum atomic E-state index is 12.2. The fourth-order valence-electron chi connectivity index (χ4n) is 1.99. The molecule has 0 aliphatic carbocycles. The molecule has 0 aliphatic heterocycles. The molecule has 0 saturated carbocycles. The molecule has 0 radical (unpaired) electrons. The molecular weight excluding hydrogens is 306 g/mol. The molecule has 1 amide bonds. The number of carbonyl (C=O) groups excluding carboxylic acids is 1. The first-order chi connectivity index (χ1) is 11.6. The number of ether oxygens (including phenoxy) is 2. The summed E-state index contributed by atoms with van der Waals surface area (Å²) < 4.78 is 10.3. The highest BCUT2D eigenvalue weighted by atomic mass is 16.5. The summed E-state index contributed by atoms with van der Waals surface area (Å²) in [6, 6.07) is 9.13. The van der Waals surface area contributed by atoms with E-state index in [1.54, 1.807) is 7.11 Å². The van der Waals surface area contributed by atoms with Gasteiger partial charge < -0.3 is 20.1 Å². The van der Waals surface area contributed by atoms with Crippen LogP contribution in [0, 0.1) is 11.3 Å². The zero-order valence-corrected chi connectivity index (χ0v) is 14.5. The molecule has 130 valence electrons. The van der Waals surface area contributed by atoms with Gasteiger partial charge >= 0.3 is 0 Å². The number of carbonyl (C=O) groups is 1. The lowest BCUT2D eigenvalue weighted by Crippen LogP contribution is -2.28. The quantitative estimate of drug-likeness (QED) is 0.390. The number of amides is 1. The van der Waals surface area contributed by atoms with Crippen molar-refractivity contribution in [3.63, 3.8) is 0 Å². The predicted molar refractivity (Wildman–Crippen MR) is 92.4 cm³/mol. The summed E-state index contributed by atoms with van der Waals surface area (Å²) in [7, 11) is 1.60. The molecule has 1 rings (SSSR count). The number of nitrogens with zero attached hydrogens (tertiary/aromatic N) is 1. The van der Waals surface area contributed by atoms with Gasteiger partial charge in [0.2, 0.25) is 0 Å². The monoisotopic (exact) mass is 331 g/mol. The number of benzene rings is 1. The minimum atomic E-state index is -0.405. The molecule has 6 nitrogen and oxygen atoms in total. The summed E-state index contributed by atoms with van der Waals surface area (Å²) in [5, 5.41) is 14.9. The van der Waals surface area contributed by atoms with Crippen molar-refractivity contribution in [3.05, 3.63) is 41.6 Å². The maximum Gasteiger partial charge on any atom is 0.263 e. The molecule has 0 aromatic heterocycles. The van der Waals surface area contributed by atoms with Gasteiger partial charge in [-0.3, -0.25) is 4.79 Å². The second-order valence-corrected chi connectivity index (χ2v) is 5.14. The van der Waals surface area contributed by atoms with Crippen molar-refractivity contribution in [2.24, 2.45) is 0 Å². The Kier molecular flexibility index (Phi) is 9.02. The zero-order chi connectivity index (χ0) is 17.8. The van der Waals surface area contributed by atoms with Crippen LogP contribution in [0.15, 0.2) is 36.0 Å². The molecule has 1 aromatic carbocycles. The van der Waals surface area contributed by atoms with Gasteiger partial charge in [0.25, 0.3) is 5.91 Å². The number of rotatable bonds is 10. The minimum Gasteiger partial charge on any atom is -0.497 e. The molecule has 0 bridgehead atoms. The van der Waals surface area contributed by atoms with E-state index in [1.165, 1.54) is 6.20 Å². The Labute approximate surface area is 143 Å². The first kappa shape index (κ1) is 19.5. The van der Waals surface area contributed by atoms with Gasteiger partial charge in [-0.15, -0.1) is 0 Å². The van der Waals surface area contributed by atoms with E-state index in [2.05, 4.69) is 10.6 Å². The standard InChI is InChI=1S/C18H25N3O3/c1-4-24-11-5-10-20-13-16(12-19)18(22)21-14(2)15-6-8-17(23-3)9-7-15/h6-9,13-14,20H,4-5,10-11H2,1-3H3,(H,21,22)/b16-13-. The van der Waals surface area contributed by atoms with Crippen molar-refractivity contribution >= 4 is 5.91 Å². The Balaban J connectivity index is 2.51. The van der Waals surface area contributed by atoms with Crippen LogP contribution in [0.4, 0.5) is 0 Å². The minimum absolute atomic E-state index is 0.0479. The Morgan fingerprint density at radius 2 is 2.08 bits per heavy atom. The maximum absolute atomic E-state index is 12.2. The number of methoxy groups -OCH3 is 1. The molecule has 0 fully saturated rings. The highest BCUT2D eigenvalue weighted by Crippen LogP contribution is 2.17. The van der Waals surface area contributed by atoms with Crippen LogP contribution in [0.2, 0.25) is 0 Å². The second-order valence-electron chi connectivity index (χ2n) is 5.14. The van der Waals surface area contributed by atoms with E-state index in [1.807, 2.05) is 44.2 Å². The van der Waals surface area contributed by atoms with Gasteiger partial charge in [-0.25, -0.2) is 0 Å². The molecule has 0 heterocycles. The fourth-order valence-corrected chi connectivity index (χ4v) is 1.99. The molecule has 6 heteroatoms. The Hall–Kier alpha value is -2.52. The Bertz CT molecular complexity index is 576. The molecule has 0 aliphatic rings. The summed E-state index contributed by atoms with van der Waals surface area (Å²) in [5.74, 6) is 0.351. The molecule has 0 saturated heterocycles. The first-order valence-electron chi connectivity index (χ1n) is 7.98. The van der Waals surface area contributed by atoms with E-state index < -0.39 is 5.91 Å². The van der Waals surface area contributed by atoms with Crippen molar-refractivity contribution in [3.8, 4) is 11.8 Å². The van der Waals surface area contributed by atoms with Crippen molar-refractivity contribution in [2.75, 3.05) is 26.9 Å². The van der Waals surface area contributed by atoms with Crippen LogP contribution < -0.4 is 15.4 Å². The largest absolute Gasteiger partial charge is 0.497 e. The van der Waals surface area contributed by atoms with Crippen LogP contribution in [0.25, 0.3) is 0 Å². The van der Waals surface area contributed by atoms with Gasteiger partial charge in [0.05, 0.1) is 13.2 Å². The van der Waals surface area contributed by atoms with E-state index in [0.29, 0.717) is 19.8 Å². The molecule has 24 heavy (non-hydrogen) atoms. The van der Waals surface area contributed by atoms with Crippen molar-refractivity contribution < 1.29 is 14.3 Å². The average molecular weight is 331 g/mol. The van der Waals surface area contributed by atoms with Crippen LogP contribution in [0.3, 0.4) is 0 Å². The second kappa shape index (κ2) is 11.1. The summed E-state index contributed by atoms with van der Waals surface area (Å²) in [5.41, 5.74) is 0.984. The lowest BCUT2D eigenvalue weighted by Gasteiger charge is -2.14. The van der Waals surface area contributed by atoms with E-state index in [9.17, 15) is 4.79 Å². The molecule has 1 unspecified atom stereocenters. The fraction of sp³-hybridized carbons (Fsp3) is 0.444. The van der Waals surface area contributed by atoms with Gasteiger partial charge in [0, 0.05) is 26.0 Å². The topological polar surface area (TPSA) is 83.4 Å². The third-order valence-electron chi connectivity index (χ3n) is 3.39. The van der Waals surface area contributed by atoms with E-state index in [-0.39, 0.29) is 11.6 Å². The highest BCUT2D eigenvalue weighted by molar-refractivity contribution is 5.97. The molecular formula is C18H25N3O3. The average Bonchev–Trinajstić information content (AvgIpc) is 2.61. The smallest absolute Gasteiger partial charge is 0.263 e. The summed E-state index contributed by atoms with van der Waals surface area (Å²) in [6.45, 7) is 5.79. The summed E-state index contributed by atoms with van der Waals surface area (Å²) >= 11 is 0. The SMILES string of the molecule is CCOCCCN/C=C(/C#N)C(=O)NC(C)c1ccc(OC)cc1. The lowest BCUT2D eigenvalue weighted by molar-refractivity contribution is -0.117. The number of nitriles is 1. The Morgan fingerprint density at radius 1 is 1.38 bits per heavy atom. The van der Waals surface area contributed by atoms with Gasteiger partial charge in [-0.2, -0.15) is 5.26 Å². The van der Waals surface area contributed by atoms with Gasteiger partial charge in [-0.1, -0.05) is 12.1 Å². The summed E-state index contributed by atoms with van der Waals surface area (Å²) in [4.78, 5) is 12.2. The van der Waals surface area contributed by atoms with Crippen LogP contribution in [0.5, 0.6) is 5.75 Å². The Morgan fingerprint density at radius 3 is 2.67 bits per heavy atom. The van der Waals surface area contributed by atoms with E-state index in [0.717, 1.165) is 17.7 Å². The van der Waals surface area contributed by atoms with E-state index in [4.69, 9.17) is 14.7 Å². The normalized spacial score (nSPS) is 12.2. The van der Waals surface area contributed by atoms with Crippen molar-refractivity contribution in [1.82, 2.24) is 10.6 Å². The zero-order valence-electron chi connectivity index (χ0n) is 14.5. The van der Waals surface area contributed by atoms with Crippen LogP contribution >= 0.6 is 0 Å². The molecule has 1 atom stereocenters. The van der Waals surface area contributed by atoms with Crippen molar-refractivity contribution in [2.45, 2.75) is 26.3 Å². The van der Waals surface area contributed by atoms with Crippen LogP contribution in [0.1, 0.15) is 31.9 Å². The van der Waals surface area contributed by atoms with Crippen molar-refractivity contribution in [1.29, 1.82) is 5.26 Å². The molecule has 0 spiro atoms. The molecule has 2 N–H and O–H groups in total. The number of nitrogens with one attached hydrogen (secondary N) is 2.